The van der Waals surface area contributed by atoms with Gasteiger partial charge in [-0.1, -0.05) is 15.9 Å². The fourth-order valence-electron chi connectivity index (χ4n) is 1.71. The van der Waals surface area contributed by atoms with E-state index in [9.17, 15) is 0 Å². The van der Waals surface area contributed by atoms with Gasteiger partial charge >= 0.3 is 0 Å². The highest BCUT2D eigenvalue weighted by Crippen LogP contribution is 2.27. The molecular weight excluding hydrogens is 294 g/mol. The Bertz CT molecular complexity index is 509. The number of aryl methyl sites for hydroxylation is 1. The molecule has 0 bridgehead atoms. The van der Waals surface area contributed by atoms with Crippen molar-refractivity contribution >= 4 is 15.9 Å². The lowest BCUT2D eigenvalue weighted by atomic mass is 10.1. The second-order valence-electron chi connectivity index (χ2n) is 4.32. The van der Waals surface area contributed by atoms with Crippen LogP contribution >= 0.6 is 15.9 Å². The summed E-state index contributed by atoms with van der Waals surface area (Å²) in [6.07, 6.45) is 1.35. The van der Waals surface area contributed by atoms with Gasteiger partial charge < -0.3 is 14.9 Å². The first kappa shape index (κ1) is 13.2. The zero-order valence-electron chi connectivity index (χ0n) is 10.4. The van der Waals surface area contributed by atoms with Crippen LogP contribution < -0.4 is 10.5 Å². The van der Waals surface area contributed by atoms with Crippen LogP contribution in [0.3, 0.4) is 0 Å². The third-order valence-electron chi connectivity index (χ3n) is 2.69. The van der Waals surface area contributed by atoms with E-state index in [0.717, 1.165) is 21.5 Å². The number of furan rings is 1. The Morgan fingerprint density at radius 3 is 2.67 bits per heavy atom. The maximum absolute atomic E-state index is 5.95. The fourth-order valence-corrected chi connectivity index (χ4v) is 1.96. The Kier molecular flexibility index (Phi) is 4.09. The maximum Gasteiger partial charge on any atom is 0.171 e. The molecule has 2 N–H and O–H groups in total. The monoisotopic (exact) mass is 309 g/mol. The molecule has 1 aromatic heterocycles. The Balaban J connectivity index is 2.21. The molecule has 0 spiro atoms. The molecule has 0 aliphatic heterocycles. The van der Waals surface area contributed by atoms with E-state index >= 15 is 0 Å². The molecule has 0 fully saturated rings. The second-order valence-corrected chi connectivity index (χ2v) is 5.18. The molecule has 0 amide bonds. The zero-order valence-corrected chi connectivity index (χ0v) is 12.0. The van der Waals surface area contributed by atoms with E-state index in [0.29, 0.717) is 0 Å². The van der Waals surface area contributed by atoms with Crippen LogP contribution in [0.15, 0.2) is 45.5 Å². The van der Waals surface area contributed by atoms with Crippen molar-refractivity contribution in [3.05, 3.63) is 52.4 Å². The molecule has 0 aliphatic carbocycles. The molecular formula is C14H16BrNO2. The molecule has 3 nitrogen and oxygen atoms in total. The zero-order chi connectivity index (χ0) is 13.1. The van der Waals surface area contributed by atoms with Gasteiger partial charge in [0.15, 0.2) is 6.10 Å². The van der Waals surface area contributed by atoms with Crippen molar-refractivity contribution in [1.82, 2.24) is 0 Å². The molecule has 2 aromatic rings. The van der Waals surface area contributed by atoms with Crippen LogP contribution in [0.25, 0.3) is 0 Å². The largest absolute Gasteiger partial charge is 0.481 e. The topological polar surface area (TPSA) is 48.4 Å². The van der Waals surface area contributed by atoms with Crippen LogP contribution in [0.4, 0.5) is 0 Å². The summed E-state index contributed by atoms with van der Waals surface area (Å²) in [5.41, 5.74) is 7.07. The molecule has 0 saturated heterocycles. The number of ether oxygens (including phenoxy) is 1. The van der Waals surface area contributed by atoms with Crippen LogP contribution in [0, 0.1) is 6.92 Å². The molecule has 2 rings (SSSR count). The predicted octanol–water partition coefficient (Wildman–Crippen LogP) is 3.82. The number of hydrogen-bond donors (Lipinski definition) is 1. The van der Waals surface area contributed by atoms with E-state index in [2.05, 4.69) is 15.9 Å². The van der Waals surface area contributed by atoms with Crippen LogP contribution in [-0.4, -0.2) is 6.04 Å². The minimum absolute atomic E-state index is 0.153. The van der Waals surface area contributed by atoms with Gasteiger partial charge in [-0.3, -0.25) is 0 Å². The standard InChI is InChI=1S/C14H16BrNO2/c1-9-8-11(5-6-12(9)15)18-14(10(2)16)13-4-3-7-17-13/h3-8,10,14H,16H2,1-2H3. The van der Waals surface area contributed by atoms with Crippen molar-refractivity contribution in [2.24, 2.45) is 5.73 Å². The van der Waals surface area contributed by atoms with E-state index < -0.39 is 0 Å². The summed E-state index contributed by atoms with van der Waals surface area (Å²) >= 11 is 3.46. The molecule has 18 heavy (non-hydrogen) atoms. The quantitative estimate of drug-likeness (QED) is 0.934. The Morgan fingerprint density at radius 2 is 2.11 bits per heavy atom. The average Bonchev–Trinajstić information content (AvgIpc) is 2.83. The lowest BCUT2D eigenvalue weighted by Crippen LogP contribution is -2.28. The number of benzene rings is 1. The highest BCUT2D eigenvalue weighted by molar-refractivity contribution is 9.10. The summed E-state index contributed by atoms with van der Waals surface area (Å²) < 4.78 is 12.3. The molecule has 0 saturated carbocycles. The molecule has 0 aliphatic rings. The van der Waals surface area contributed by atoms with E-state index in [1.807, 2.05) is 44.2 Å². The van der Waals surface area contributed by atoms with E-state index in [4.69, 9.17) is 14.9 Å². The minimum Gasteiger partial charge on any atom is -0.481 e. The first-order valence-electron chi connectivity index (χ1n) is 5.79. The van der Waals surface area contributed by atoms with Gasteiger partial charge in [-0.2, -0.15) is 0 Å². The van der Waals surface area contributed by atoms with Gasteiger partial charge in [-0.25, -0.2) is 0 Å². The van der Waals surface area contributed by atoms with Crippen LogP contribution in [0.5, 0.6) is 5.75 Å². The number of nitrogens with two attached hydrogens (primary N) is 1. The lowest BCUT2D eigenvalue weighted by Gasteiger charge is -2.20. The SMILES string of the molecule is Cc1cc(OC(c2ccco2)C(C)N)ccc1Br. The van der Waals surface area contributed by atoms with Gasteiger partial charge in [0.1, 0.15) is 11.5 Å². The van der Waals surface area contributed by atoms with Gasteiger partial charge in [0.05, 0.1) is 6.26 Å². The van der Waals surface area contributed by atoms with Crippen LogP contribution in [0.2, 0.25) is 0 Å². The first-order valence-corrected chi connectivity index (χ1v) is 6.59. The molecule has 0 radical (unpaired) electrons. The van der Waals surface area contributed by atoms with Gasteiger partial charge in [-0.15, -0.1) is 0 Å². The Labute approximate surface area is 115 Å². The highest BCUT2D eigenvalue weighted by Gasteiger charge is 2.21. The van der Waals surface area contributed by atoms with Crippen molar-refractivity contribution in [2.45, 2.75) is 26.0 Å². The van der Waals surface area contributed by atoms with Gasteiger partial charge in [0, 0.05) is 10.5 Å². The fraction of sp³-hybridized carbons (Fsp3) is 0.286. The third-order valence-corrected chi connectivity index (χ3v) is 3.58. The third kappa shape index (κ3) is 2.94. The average molecular weight is 310 g/mol. The van der Waals surface area contributed by atoms with E-state index in [1.54, 1.807) is 6.26 Å². The molecule has 1 aromatic carbocycles. The summed E-state index contributed by atoms with van der Waals surface area (Å²) in [7, 11) is 0. The second kappa shape index (κ2) is 5.59. The van der Waals surface area contributed by atoms with Crippen LogP contribution in [-0.2, 0) is 0 Å². The summed E-state index contributed by atoms with van der Waals surface area (Å²) in [6.45, 7) is 3.92. The van der Waals surface area contributed by atoms with Gasteiger partial charge in [0.25, 0.3) is 0 Å². The first-order chi connectivity index (χ1) is 8.58. The normalized spacial score (nSPS) is 14.2. The summed E-state index contributed by atoms with van der Waals surface area (Å²) in [6, 6.07) is 9.41. The summed E-state index contributed by atoms with van der Waals surface area (Å²) in [5.74, 6) is 1.53. The van der Waals surface area contributed by atoms with E-state index in [1.165, 1.54) is 0 Å². The Morgan fingerprint density at radius 1 is 1.33 bits per heavy atom. The number of hydrogen-bond acceptors (Lipinski definition) is 3. The molecule has 96 valence electrons. The van der Waals surface area contributed by atoms with Crippen LogP contribution in [0.1, 0.15) is 24.4 Å². The van der Waals surface area contributed by atoms with Crippen molar-refractivity contribution in [3.8, 4) is 5.75 Å². The van der Waals surface area contributed by atoms with Gasteiger partial charge in [-0.05, 0) is 49.7 Å². The molecule has 2 unspecified atom stereocenters. The smallest absolute Gasteiger partial charge is 0.171 e. The highest BCUT2D eigenvalue weighted by atomic mass is 79.9. The van der Waals surface area contributed by atoms with Crippen molar-refractivity contribution in [2.75, 3.05) is 0 Å². The van der Waals surface area contributed by atoms with Crippen molar-refractivity contribution in [3.63, 3.8) is 0 Å². The van der Waals surface area contributed by atoms with Crippen molar-refractivity contribution < 1.29 is 9.15 Å². The Hall–Kier alpha value is -1.26. The van der Waals surface area contributed by atoms with Crippen molar-refractivity contribution in [1.29, 1.82) is 0 Å². The van der Waals surface area contributed by atoms with E-state index in [-0.39, 0.29) is 12.1 Å². The number of halogens is 1. The minimum atomic E-state index is -0.277. The lowest BCUT2D eigenvalue weighted by molar-refractivity contribution is 0.153. The summed E-state index contributed by atoms with van der Waals surface area (Å²) in [5, 5.41) is 0. The predicted molar refractivity (Wildman–Crippen MR) is 74.6 cm³/mol. The molecule has 1 heterocycles. The maximum atomic E-state index is 5.95. The van der Waals surface area contributed by atoms with Gasteiger partial charge in [0.2, 0.25) is 0 Å². The summed E-state index contributed by atoms with van der Waals surface area (Å²) in [4.78, 5) is 0. The number of rotatable bonds is 4. The molecule has 2 atom stereocenters. The molecule has 4 heteroatoms.